The second kappa shape index (κ2) is 5.54. The van der Waals surface area contributed by atoms with Crippen molar-refractivity contribution in [3.8, 4) is 0 Å². The fourth-order valence-corrected chi connectivity index (χ4v) is 2.13. The molecule has 5 heteroatoms. The molecule has 0 amide bonds. The lowest BCUT2D eigenvalue weighted by molar-refractivity contribution is 0.323. The summed E-state index contributed by atoms with van der Waals surface area (Å²) in [6, 6.07) is 9.78. The minimum absolute atomic E-state index is 0.459. The SMILES string of the molecule is CCSCc1noc(C(C)(N)c2ccccc2)n1. The minimum Gasteiger partial charge on any atom is -0.337 e. The molecule has 0 aliphatic heterocycles. The van der Waals surface area contributed by atoms with E-state index in [0.29, 0.717) is 11.7 Å². The van der Waals surface area contributed by atoms with E-state index in [0.717, 1.165) is 17.1 Å². The lowest BCUT2D eigenvalue weighted by atomic mass is 9.93. The standard InChI is InChI=1S/C13H17N3OS/c1-3-18-9-11-15-12(17-16-11)13(2,14)10-7-5-4-6-8-10/h4-8H,3,9,14H2,1-2H3. The zero-order valence-corrected chi connectivity index (χ0v) is 11.4. The van der Waals surface area contributed by atoms with Gasteiger partial charge in [-0.1, -0.05) is 42.4 Å². The normalized spacial score (nSPS) is 14.4. The molecule has 1 heterocycles. The lowest BCUT2D eigenvalue weighted by Crippen LogP contribution is -2.34. The van der Waals surface area contributed by atoms with Gasteiger partial charge in [0.25, 0.3) is 5.89 Å². The summed E-state index contributed by atoms with van der Waals surface area (Å²) in [6.07, 6.45) is 0. The molecule has 4 nitrogen and oxygen atoms in total. The molecule has 0 spiro atoms. The predicted molar refractivity (Wildman–Crippen MR) is 73.2 cm³/mol. The van der Waals surface area contributed by atoms with Gasteiger partial charge in [0.2, 0.25) is 0 Å². The van der Waals surface area contributed by atoms with Crippen molar-refractivity contribution in [2.75, 3.05) is 5.75 Å². The smallest absolute Gasteiger partial charge is 0.251 e. The number of hydrogen-bond donors (Lipinski definition) is 1. The van der Waals surface area contributed by atoms with Crippen molar-refractivity contribution in [1.29, 1.82) is 0 Å². The van der Waals surface area contributed by atoms with Gasteiger partial charge in [0.1, 0.15) is 5.54 Å². The molecule has 1 aromatic heterocycles. The number of aromatic nitrogens is 2. The molecule has 0 bridgehead atoms. The Bertz CT molecular complexity index is 496. The van der Waals surface area contributed by atoms with Gasteiger partial charge in [-0.15, -0.1) is 0 Å². The summed E-state index contributed by atoms with van der Waals surface area (Å²) in [5, 5.41) is 3.96. The van der Waals surface area contributed by atoms with Crippen molar-refractivity contribution in [3.63, 3.8) is 0 Å². The van der Waals surface area contributed by atoms with Crippen molar-refractivity contribution in [1.82, 2.24) is 10.1 Å². The van der Waals surface area contributed by atoms with Gasteiger partial charge in [-0.25, -0.2) is 0 Å². The molecule has 1 aromatic carbocycles. The maximum atomic E-state index is 6.30. The number of nitrogens with two attached hydrogens (primary N) is 1. The molecule has 2 aromatic rings. The first-order valence-corrected chi connectivity index (χ1v) is 7.05. The Hall–Kier alpha value is -1.33. The number of rotatable bonds is 5. The van der Waals surface area contributed by atoms with Crippen molar-refractivity contribution in [2.24, 2.45) is 5.73 Å². The Labute approximate surface area is 111 Å². The number of nitrogens with zero attached hydrogens (tertiary/aromatic N) is 2. The number of thioether (sulfide) groups is 1. The average molecular weight is 263 g/mol. The van der Waals surface area contributed by atoms with Crippen molar-refractivity contribution >= 4 is 11.8 Å². The third-order valence-corrected chi connectivity index (χ3v) is 3.59. The summed E-state index contributed by atoms with van der Waals surface area (Å²) < 4.78 is 5.28. The van der Waals surface area contributed by atoms with Crippen LogP contribution in [0.4, 0.5) is 0 Å². The molecule has 0 fully saturated rings. The van der Waals surface area contributed by atoms with Crippen LogP contribution < -0.4 is 5.73 Å². The molecule has 0 aliphatic rings. The monoisotopic (exact) mass is 263 g/mol. The molecule has 0 radical (unpaired) electrons. The van der Waals surface area contributed by atoms with Gasteiger partial charge in [-0.3, -0.25) is 0 Å². The van der Waals surface area contributed by atoms with Gasteiger partial charge in [0.15, 0.2) is 5.82 Å². The maximum absolute atomic E-state index is 6.30. The first-order valence-electron chi connectivity index (χ1n) is 5.89. The molecule has 0 saturated carbocycles. The maximum Gasteiger partial charge on any atom is 0.251 e. The van der Waals surface area contributed by atoms with E-state index in [4.69, 9.17) is 10.3 Å². The number of hydrogen-bond acceptors (Lipinski definition) is 5. The molecule has 18 heavy (non-hydrogen) atoms. The Morgan fingerprint density at radius 1 is 1.33 bits per heavy atom. The van der Waals surface area contributed by atoms with Crippen molar-refractivity contribution < 1.29 is 4.52 Å². The van der Waals surface area contributed by atoms with Crippen molar-refractivity contribution in [3.05, 3.63) is 47.6 Å². The predicted octanol–water partition coefficient (Wildman–Crippen LogP) is 2.54. The van der Waals surface area contributed by atoms with E-state index in [1.807, 2.05) is 37.3 Å². The summed E-state index contributed by atoms with van der Waals surface area (Å²) in [5.41, 5.74) is 6.51. The molecule has 96 valence electrons. The van der Waals surface area contributed by atoms with Gasteiger partial charge >= 0.3 is 0 Å². The molecule has 1 atom stereocenters. The van der Waals surface area contributed by atoms with Gasteiger partial charge in [0, 0.05) is 0 Å². The Morgan fingerprint density at radius 3 is 2.72 bits per heavy atom. The Kier molecular flexibility index (Phi) is 4.04. The van der Waals surface area contributed by atoms with Crippen LogP contribution in [0, 0.1) is 0 Å². The van der Waals surface area contributed by atoms with Crippen LogP contribution in [0.2, 0.25) is 0 Å². The van der Waals surface area contributed by atoms with Gasteiger partial charge in [-0.05, 0) is 18.2 Å². The molecular weight excluding hydrogens is 246 g/mol. The number of benzene rings is 1. The quantitative estimate of drug-likeness (QED) is 0.898. The minimum atomic E-state index is -0.747. The summed E-state index contributed by atoms with van der Waals surface area (Å²) in [6.45, 7) is 3.98. The lowest BCUT2D eigenvalue weighted by Gasteiger charge is -2.20. The second-order valence-electron chi connectivity index (χ2n) is 4.22. The first-order chi connectivity index (χ1) is 8.64. The summed E-state index contributed by atoms with van der Waals surface area (Å²) in [7, 11) is 0. The Morgan fingerprint density at radius 2 is 2.06 bits per heavy atom. The summed E-state index contributed by atoms with van der Waals surface area (Å²) in [4.78, 5) is 4.37. The van der Waals surface area contributed by atoms with Gasteiger partial charge < -0.3 is 10.3 Å². The highest BCUT2D eigenvalue weighted by molar-refractivity contribution is 7.98. The summed E-state index contributed by atoms with van der Waals surface area (Å²) >= 11 is 1.76. The van der Waals surface area contributed by atoms with Crippen LogP contribution in [0.3, 0.4) is 0 Å². The highest BCUT2D eigenvalue weighted by Gasteiger charge is 2.30. The molecule has 2 rings (SSSR count). The topological polar surface area (TPSA) is 64.9 Å². The Balaban J connectivity index is 2.22. The molecule has 0 saturated heterocycles. The third-order valence-electron chi connectivity index (χ3n) is 2.72. The van der Waals surface area contributed by atoms with Crippen molar-refractivity contribution in [2.45, 2.75) is 25.1 Å². The highest BCUT2D eigenvalue weighted by atomic mass is 32.2. The van der Waals surface area contributed by atoms with E-state index in [1.54, 1.807) is 11.8 Å². The van der Waals surface area contributed by atoms with Crippen LogP contribution in [0.25, 0.3) is 0 Å². The van der Waals surface area contributed by atoms with Crippen LogP contribution in [0.1, 0.15) is 31.1 Å². The van der Waals surface area contributed by atoms with Gasteiger partial charge in [-0.2, -0.15) is 16.7 Å². The average Bonchev–Trinajstić information content (AvgIpc) is 2.87. The summed E-state index contributed by atoms with van der Waals surface area (Å²) in [5.74, 6) is 2.94. The van der Waals surface area contributed by atoms with Crippen LogP contribution >= 0.6 is 11.8 Å². The first kappa shape index (κ1) is 13.1. The zero-order valence-electron chi connectivity index (χ0n) is 10.6. The molecular formula is C13H17N3OS. The van der Waals surface area contributed by atoms with Crippen LogP contribution in [0.5, 0.6) is 0 Å². The van der Waals surface area contributed by atoms with E-state index < -0.39 is 5.54 Å². The van der Waals surface area contributed by atoms with Gasteiger partial charge in [0.05, 0.1) is 5.75 Å². The van der Waals surface area contributed by atoms with Crippen LogP contribution in [-0.2, 0) is 11.3 Å². The van der Waals surface area contributed by atoms with E-state index in [2.05, 4.69) is 17.1 Å². The molecule has 1 unspecified atom stereocenters. The zero-order chi connectivity index (χ0) is 13.0. The third kappa shape index (κ3) is 2.73. The van der Waals surface area contributed by atoms with E-state index in [1.165, 1.54) is 0 Å². The van der Waals surface area contributed by atoms with E-state index in [-0.39, 0.29) is 0 Å². The highest BCUT2D eigenvalue weighted by Crippen LogP contribution is 2.25. The molecule has 2 N–H and O–H groups in total. The second-order valence-corrected chi connectivity index (χ2v) is 5.50. The van der Waals surface area contributed by atoms with Crippen LogP contribution in [-0.4, -0.2) is 15.9 Å². The van der Waals surface area contributed by atoms with E-state index >= 15 is 0 Å². The largest absolute Gasteiger partial charge is 0.337 e. The van der Waals surface area contributed by atoms with E-state index in [9.17, 15) is 0 Å². The molecule has 0 aliphatic carbocycles. The fraction of sp³-hybridized carbons (Fsp3) is 0.385. The van der Waals surface area contributed by atoms with Crippen LogP contribution in [0.15, 0.2) is 34.9 Å². The fourth-order valence-electron chi connectivity index (χ4n) is 1.62.